The van der Waals surface area contributed by atoms with Gasteiger partial charge in [0.2, 0.25) is 5.91 Å². The van der Waals surface area contributed by atoms with Crippen molar-refractivity contribution < 1.29 is 9.53 Å². The summed E-state index contributed by atoms with van der Waals surface area (Å²) in [5, 5.41) is 0. The van der Waals surface area contributed by atoms with Gasteiger partial charge in [0, 0.05) is 31.8 Å². The molecule has 0 aliphatic carbocycles. The van der Waals surface area contributed by atoms with E-state index in [4.69, 9.17) is 4.74 Å². The van der Waals surface area contributed by atoms with Crippen molar-refractivity contribution >= 4 is 16.9 Å². The molecule has 1 atom stereocenters. The van der Waals surface area contributed by atoms with Crippen LogP contribution < -0.4 is 0 Å². The minimum absolute atomic E-state index is 0.0769. The zero-order chi connectivity index (χ0) is 17.1. The molecular weight excluding hydrogens is 316 g/mol. The molecule has 6 heteroatoms. The van der Waals surface area contributed by atoms with Crippen LogP contribution in [0.25, 0.3) is 11.0 Å². The van der Waals surface area contributed by atoms with Crippen LogP contribution in [0.15, 0.2) is 48.8 Å². The van der Waals surface area contributed by atoms with E-state index in [-0.39, 0.29) is 12.0 Å². The minimum Gasteiger partial charge on any atom is -0.370 e. The first kappa shape index (κ1) is 15.8. The second-order valence-corrected chi connectivity index (χ2v) is 6.18. The second-order valence-electron chi connectivity index (χ2n) is 6.18. The highest BCUT2D eigenvalue weighted by Crippen LogP contribution is 2.22. The van der Waals surface area contributed by atoms with Gasteiger partial charge >= 0.3 is 0 Å². The lowest BCUT2D eigenvalue weighted by Crippen LogP contribution is -2.42. The maximum atomic E-state index is 12.6. The smallest absolute Gasteiger partial charge is 0.223 e. The normalized spacial score (nSPS) is 17.8. The molecule has 1 saturated heterocycles. The lowest BCUT2D eigenvalue weighted by atomic mass is 10.1. The van der Waals surface area contributed by atoms with Crippen LogP contribution in [-0.4, -0.2) is 45.5 Å². The van der Waals surface area contributed by atoms with Crippen LogP contribution in [0, 0.1) is 0 Å². The lowest BCUT2D eigenvalue weighted by molar-refractivity contribution is -0.139. The Morgan fingerprint density at radius 3 is 2.92 bits per heavy atom. The Kier molecular flexibility index (Phi) is 4.43. The number of carbonyl (C=O) groups excluding carboxylic acids is 1. The fourth-order valence-electron chi connectivity index (χ4n) is 3.16. The Morgan fingerprint density at radius 1 is 1.24 bits per heavy atom. The number of nitrogens with zero attached hydrogens (tertiary/aromatic N) is 3. The van der Waals surface area contributed by atoms with Crippen LogP contribution in [0.2, 0.25) is 0 Å². The maximum Gasteiger partial charge on any atom is 0.223 e. The number of nitrogens with one attached hydrogen (secondary N) is 1. The van der Waals surface area contributed by atoms with Gasteiger partial charge in [0.05, 0.1) is 24.2 Å². The molecule has 0 bridgehead atoms. The first-order chi connectivity index (χ1) is 12.3. The highest BCUT2D eigenvalue weighted by molar-refractivity contribution is 5.77. The average Bonchev–Trinajstić information content (AvgIpc) is 3.10. The zero-order valence-corrected chi connectivity index (χ0v) is 13.9. The number of pyridine rings is 1. The van der Waals surface area contributed by atoms with Crippen LogP contribution in [0.4, 0.5) is 0 Å². The average molecular weight is 336 g/mol. The van der Waals surface area contributed by atoms with Crippen molar-refractivity contribution in [3.63, 3.8) is 0 Å². The summed E-state index contributed by atoms with van der Waals surface area (Å²) in [5.41, 5.74) is 3.01. The molecule has 1 fully saturated rings. The number of ether oxygens (including phenoxy) is 1. The number of benzene rings is 1. The number of hydrogen-bond donors (Lipinski definition) is 1. The quantitative estimate of drug-likeness (QED) is 0.794. The molecule has 0 radical (unpaired) electrons. The fourth-order valence-corrected chi connectivity index (χ4v) is 3.16. The van der Waals surface area contributed by atoms with Crippen LogP contribution in [0.3, 0.4) is 0 Å². The zero-order valence-electron chi connectivity index (χ0n) is 13.9. The van der Waals surface area contributed by atoms with E-state index in [0.717, 1.165) is 22.4 Å². The third kappa shape index (κ3) is 3.53. The molecule has 3 aromatic rings. The largest absolute Gasteiger partial charge is 0.370 e. The van der Waals surface area contributed by atoms with Gasteiger partial charge in [-0.1, -0.05) is 12.1 Å². The minimum atomic E-state index is -0.0769. The molecule has 1 N–H and O–H groups in total. The first-order valence-corrected chi connectivity index (χ1v) is 8.52. The Labute approximate surface area is 145 Å². The summed E-state index contributed by atoms with van der Waals surface area (Å²) < 4.78 is 5.81. The van der Waals surface area contributed by atoms with Crippen molar-refractivity contribution in [2.45, 2.75) is 18.9 Å². The number of amides is 1. The Bertz CT molecular complexity index is 829. The number of aromatic nitrogens is 3. The van der Waals surface area contributed by atoms with Gasteiger partial charge in [-0.05, 0) is 29.8 Å². The van der Waals surface area contributed by atoms with E-state index in [9.17, 15) is 4.79 Å². The molecule has 1 aromatic carbocycles. The summed E-state index contributed by atoms with van der Waals surface area (Å²) in [5.74, 6) is 0.997. The number of hydrogen-bond acceptors (Lipinski definition) is 4. The molecule has 6 nitrogen and oxygen atoms in total. The summed E-state index contributed by atoms with van der Waals surface area (Å²) in [6.07, 6.45) is 4.49. The molecule has 1 amide bonds. The molecule has 2 aromatic heterocycles. The Morgan fingerprint density at radius 2 is 2.08 bits per heavy atom. The molecule has 1 unspecified atom stereocenters. The van der Waals surface area contributed by atoms with Crippen molar-refractivity contribution in [2.24, 2.45) is 0 Å². The van der Waals surface area contributed by atoms with Crippen molar-refractivity contribution in [2.75, 3.05) is 19.7 Å². The Balaban J connectivity index is 1.37. The number of aromatic amines is 1. The van der Waals surface area contributed by atoms with Gasteiger partial charge in [0.15, 0.2) is 0 Å². The highest BCUT2D eigenvalue weighted by Gasteiger charge is 2.25. The number of imidazole rings is 1. The van der Waals surface area contributed by atoms with E-state index < -0.39 is 0 Å². The van der Waals surface area contributed by atoms with E-state index in [1.54, 1.807) is 12.4 Å². The van der Waals surface area contributed by atoms with Gasteiger partial charge in [-0.2, -0.15) is 0 Å². The van der Waals surface area contributed by atoms with Gasteiger partial charge in [-0.15, -0.1) is 0 Å². The number of carbonyl (C=O) groups is 1. The molecule has 128 valence electrons. The Hall–Kier alpha value is -2.73. The second kappa shape index (κ2) is 7.03. The van der Waals surface area contributed by atoms with Gasteiger partial charge in [0.25, 0.3) is 0 Å². The van der Waals surface area contributed by atoms with Crippen molar-refractivity contribution in [3.8, 4) is 0 Å². The van der Waals surface area contributed by atoms with E-state index >= 15 is 0 Å². The van der Waals surface area contributed by atoms with Crippen molar-refractivity contribution in [1.29, 1.82) is 0 Å². The fraction of sp³-hybridized carbons (Fsp3) is 0.316. The topological polar surface area (TPSA) is 71.1 Å². The number of fused-ring (bicyclic) bond motifs is 1. The number of rotatable bonds is 4. The molecule has 3 heterocycles. The summed E-state index contributed by atoms with van der Waals surface area (Å²) in [7, 11) is 0. The van der Waals surface area contributed by atoms with Crippen LogP contribution in [0.5, 0.6) is 0 Å². The first-order valence-electron chi connectivity index (χ1n) is 8.52. The maximum absolute atomic E-state index is 12.6. The van der Waals surface area contributed by atoms with Crippen LogP contribution in [0.1, 0.15) is 23.9 Å². The molecular formula is C19H20N4O2. The summed E-state index contributed by atoms with van der Waals surface area (Å²) >= 11 is 0. The van der Waals surface area contributed by atoms with Crippen molar-refractivity contribution in [1.82, 2.24) is 19.9 Å². The number of morpholine rings is 1. The van der Waals surface area contributed by atoms with E-state index in [0.29, 0.717) is 32.5 Å². The SMILES string of the molecule is O=C(CCc1nc2ccccc2[nH]1)N1CCOC(c2ccncc2)C1. The number of aryl methyl sites for hydroxylation is 1. The predicted molar refractivity (Wildman–Crippen MR) is 93.9 cm³/mol. The van der Waals surface area contributed by atoms with E-state index in [1.807, 2.05) is 41.3 Å². The number of H-pyrrole nitrogens is 1. The lowest BCUT2D eigenvalue weighted by Gasteiger charge is -2.33. The van der Waals surface area contributed by atoms with Gasteiger partial charge < -0.3 is 14.6 Å². The molecule has 0 spiro atoms. The summed E-state index contributed by atoms with van der Waals surface area (Å²) in [4.78, 5) is 26.3. The van der Waals surface area contributed by atoms with Gasteiger partial charge in [0.1, 0.15) is 11.9 Å². The molecule has 1 aliphatic rings. The predicted octanol–water partition coefficient (Wildman–Crippen LogP) is 2.49. The summed E-state index contributed by atoms with van der Waals surface area (Å²) in [6, 6.07) is 11.8. The molecule has 4 rings (SSSR count). The standard InChI is InChI=1S/C19H20N4O2/c24-19(6-5-18-21-15-3-1-2-4-16(15)22-18)23-11-12-25-17(13-23)14-7-9-20-10-8-14/h1-4,7-10,17H,5-6,11-13H2,(H,21,22). The van der Waals surface area contributed by atoms with E-state index in [1.165, 1.54) is 0 Å². The highest BCUT2D eigenvalue weighted by atomic mass is 16.5. The molecule has 1 aliphatic heterocycles. The van der Waals surface area contributed by atoms with Crippen LogP contribution in [-0.2, 0) is 16.0 Å². The van der Waals surface area contributed by atoms with Gasteiger partial charge in [-0.25, -0.2) is 4.98 Å². The van der Waals surface area contributed by atoms with Gasteiger partial charge in [-0.3, -0.25) is 9.78 Å². The summed E-state index contributed by atoms with van der Waals surface area (Å²) in [6.45, 7) is 1.78. The number of para-hydroxylation sites is 2. The van der Waals surface area contributed by atoms with Crippen LogP contribution >= 0.6 is 0 Å². The van der Waals surface area contributed by atoms with Crippen molar-refractivity contribution in [3.05, 3.63) is 60.2 Å². The third-order valence-electron chi connectivity index (χ3n) is 4.51. The monoisotopic (exact) mass is 336 g/mol. The third-order valence-corrected chi connectivity index (χ3v) is 4.51. The molecule has 25 heavy (non-hydrogen) atoms. The van der Waals surface area contributed by atoms with E-state index in [2.05, 4.69) is 15.0 Å². The molecule has 0 saturated carbocycles.